The number of halogens is 2. The van der Waals surface area contributed by atoms with Gasteiger partial charge in [-0.1, -0.05) is 30.3 Å². The van der Waals surface area contributed by atoms with Crippen LogP contribution in [0.2, 0.25) is 0 Å². The second-order valence-electron chi connectivity index (χ2n) is 5.38. The molecule has 1 aromatic carbocycles. The molecule has 7 heteroatoms. The number of carbonyl (C=O) groups is 1. The molecule has 1 amide bonds. The number of hydrogen-bond donors (Lipinski definition) is 1. The molecule has 2 aromatic rings. The number of fused-ring (bicyclic) bond motifs is 1. The Balaban J connectivity index is 1.70. The normalized spacial score (nSPS) is 17.1. The van der Waals surface area contributed by atoms with Crippen LogP contribution in [-0.4, -0.2) is 35.3 Å². The van der Waals surface area contributed by atoms with E-state index < -0.39 is 18.4 Å². The SMILES string of the molecule is O=C(NC[C@H]1OCCc2cn(Cc3ccccc3)nc21)C(F)F. The molecule has 23 heavy (non-hydrogen) atoms. The van der Waals surface area contributed by atoms with E-state index >= 15 is 0 Å². The highest BCUT2D eigenvalue weighted by Gasteiger charge is 2.26. The maximum Gasteiger partial charge on any atom is 0.315 e. The third-order valence-corrected chi connectivity index (χ3v) is 3.71. The summed E-state index contributed by atoms with van der Waals surface area (Å²) in [5.74, 6) is -1.29. The molecule has 1 N–H and O–H groups in total. The molecule has 1 aliphatic rings. The second kappa shape index (κ2) is 6.87. The molecular formula is C16H17F2N3O2. The third-order valence-electron chi connectivity index (χ3n) is 3.71. The summed E-state index contributed by atoms with van der Waals surface area (Å²) in [7, 11) is 0. The lowest BCUT2D eigenvalue weighted by Gasteiger charge is -2.22. The number of hydrogen-bond acceptors (Lipinski definition) is 3. The smallest absolute Gasteiger partial charge is 0.315 e. The van der Waals surface area contributed by atoms with E-state index in [1.807, 2.05) is 41.2 Å². The Kier molecular flexibility index (Phi) is 4.66. The standard InChI is InChI=1S/C16H17F2N3O2/c17-15(18)16(22)19-8-13-14-12(6-7-23-13)10-21(20-14)9-11-4-2-1-3-5-11/h1-5,10,13,15H,6-9H2,(H,19,22)/t13-/m1/s1. The lowest BCUT2D eigenvalue weighted by atomic mass is 10.1. The molecule has 2 heterocycles. The Morgan fingerprint density at radius 2 is 2.17 bits per heavy atom. The summed E-state index contributed by atoms with van der Waals surface area (Å²) in [5, 5.41) is 6.69. The molecule has 1 aliphatic heterocycles. The summed E-state index contributed by atoms with van der Waals surface area (Å²) in [6.45, 7) is 1.11. The van der Waals surface area contributed by atoms with Gasteiger partial charge in [-0.05, 0) is 17.5 Å². The third kappa shape index (κ3) is 3.73. The number of nitrogens with one attached hydrogen (secondary N) is 1. The predicted octanol–water partition coefficient (Wildman–Crippen LogP) is 1.93. The van der Waals surface area contributed by atoms with Gasteiger partial charge in [0, 0.05) is 12.7 Å². The van der Waals surface area contributed by atoms with Gasteiger partial charge in [0.2, 0.25) is 0 Å². The molecule has 0 spiro atoms. The maximum absolute atomic E-state index is 12.3. The molecule has 1 aromatic heterocycles. The maximum atomic E-state index is 12.3. The summed E-state index contributed by atoms with van der Waals surface area (Å²) in [5.41, 5.74) is 2.86. The van der Waals surface area contributed by atoms with Gasteiger partial charge in [-0.25, -0.2) is 0 Å². The summed E-state index contributed by atoms with van der Waals surface area (Å²) < 4.78 is 31.9. The minimum absolute atomic E-state index is 0.00146. The summed E-state index contributed by atoms with van der Waals surface area (Å²) in [6, 6.07) is 9.90. The van der Waals surface area contributed by atoms with Gasteiger partial charge in [0.1, 0.15) is 6.10 Å². The van der Waals surface area contributed by atoms with Crippen LogP contribution in [0.4, 0.5) is 8.78 Å². The molecule has 0 fully saturated rings. The first kappa shape index (κ1) is 15.6. The summed E-state index contributed by atoms with van der Waals surface area (Å²) in [6.07, 6.45) is -0.830. The van der Waals surface area contributed by atoms with E-state index in [4.69, 9.17) is 4.74 Å². The first-order chi connectivity index (χ1) is 11.1. The quantitative estimate of drug-likeness (QED) is 0.915. The average Bonchev–Trinajstić information content (AvgIpc) is 2.96. The fraction of sp³-hybridized carbons (Fsp3) is 0.375. The van der Waals surface area contributed by atoms with Crippen molar-refractivity contribution in [2.45, 2.75) is 25.5 Å². The number of carbonyl (C=O) groups excluding carboxylic acids is 1. The molecule has 122 valence electrons. The number of amides is 1. The summed E-state index contributed by atoms with van der Waals surface area (Å²) >= 11 is 0. The number of nitrogens with zero attached hydrogens (tertiary/aromatic N) is 2. The van der Waals surface area contributed by atoms with Gasteiger partial charge in [-0.15, -0.1) is 0 Å². The van der Waals surface area contributed by atoms with Crippen molar-refractivity contribution in [2.24, 2.45) is 0 Å². The molecule has 1 atom stereocenters. The van der Waals surface area contributed by atoms with Crippen molar-refractivity contribution < 1.29 is 18.3 Å². The number of alkyl halides is 2. The molecule has 0 saturated carbocycles. The highest BCUT2D eigenvalue weighted by molar-refractivity contribution is 5.79. The van der Waals surface area contributed by atoms with Crippen LogP contribution in [0.3, 0.4) is 0 Å². The van der Waals surface area contributed by atoms with E-state index in [1.165, 1.54) is 0 Å². The van der Waals surface area contributed by atoms with Gasteiger partial charge in [-0.3, -0.25) is 9.48 Å². The highest BCUT2D eigenvalue weighted by Crippen LogP contribution is 2.25. The lowest BCUT2D eigenvalue weighted by molar-refractivity contribution is -0.132. The topological polar surface area (TPSA) is 56.1 Å². The van der Waals surface area contributed by atoms with E-state index in [0.717, 1.165) is 17.5 Å². The van der Waals surface area contributed by atoms with Gasteiger partial charge in [-0.2, -0.15) is 13.9 Å². The second-order valence-corrected chi connectivity index (χ2v) is 5.38. The van der Waals surface area contributed by atoms with Gasteiger partial charge >= 0.3 is 6.43 Å². The van der Waals surface area contributed by atoms with Crippen LogP contribution in [0.15, 0.2) is 36.5 Å². The van der Waals surface area contributed by atoms with E-state index in [0.29, 0.717) is 18.8 Å². The highest BCUT2D eigenvalue weighted by atomic mass is 19.3. The number of ether oxygens (including phenoxy) is 1. The molecule has 0 radical (unpaired) electrons. The van der Waals surface area contributed by atoms with Gasteiger partial charge in [0.05, 0.1) is 18.8 Å². The van der Waals surface area contributed by atoms with Gasteiger partial charge in [0.15, 0.2) is 0 Å². The molecule has 3 rings (SSSR count). The largest absolute Gasteiger partial charge is 0.370 e. The molecule has 0 saturated heterocycles. The van der Waals surface area contributed by atoms with Crippen LogP contribution >= 0.6 is 0 Å². The van der Waals surface area contributed by atoms with Crippen molar-refractivity contribution in [1.82, 2.24) is 15.1 Å². The minimum Gasteiger partial charge on any atom is -0.370 e. The molecule has 0 unspecified atom stereocenters. The van der Waals surface area contributed by atoms with Crippen molar-refractivity contribution in [3.05, 3.63) is 53.3 Å². The van der Waals surface area contributed by atoms with Crippen LogP contribution < -0.4 is 5.32 Å². The fourth-order valence-electron chi connectivity index (χ4n) is 2.61. The van der Waals surface area contributed by atoms with Crippen molar-refractivity contribution in [3.63, 3.8) is 0 Å². The number of benzene rings is 1. The van der Waals surface area contributed by atoms with Crippen LogP contribution in [0, 0.1) is 0 Å². The summed E-state index contributed by atoms with van der Waals surface area (Å²) in [4.78, 5) is 11.0. The zero-order valence-corrected chi connectivity index (χ0v) is 12.4. The van der Waals surface area contributed by atoms with Crippen LogP contribution in [-0.2, 0) is 22.5 Å². The Labute approximate surface area is 132 Å². The van der Waals surface area contributed by atoms with Crippen molar-refractivity contribution in [2.75, 3.05) is 13.2 Å². The monoisotopic (exact) mass is 321 g/mol. The van der Waals surface area contributed by atoms with Crippen molar-refractivity contribution >= 4 is 5.91 Å². The minimum atomic E-state index is -3.02. The first-order valence-electron chi connectivity index (χ1n) is 7.41. The molecule has 0 aliphatic carbocycles. The van der Waals surface area contributed by atoms with Crippen molar-refractivity contribution in [3.8, 4) is 0 Å². The zero-order chi connectivity index (χ0) is 16.2. The fourth-order valence-corrected chi connectivity index (χ4v) is 2.61. The Bertz CT molecular complexity index is 673. The van der Waals surface area contributed by atoms with E-state index in [-0.39, 0.29) is 6.54 Å². The molecular weight excluding hydrogens is 304 g/mol. The predicted molar refractivity (Wildman–Crippen MR) is 79.2 cm³/mol. The van der Waals surface area contributed by atoms with Crippen LogP contribution in [0.5, 0.6) is 0 Å². The van der Waals surface area contributed by atoms with E-state index in [9.17, 15) is 13.6 Å². The number of rotatable bonds is 5. The number of aromatic nitrogens is 2. The molecule has 5 nitrogen and oxygen atoms in total. The van der Waals surface area contributed by atoms with E-state index in [2.05, 4.69) is 10.4 Å². The van der Waals surface area contributed by atoms with Gasteiger partial charge < -0.3 is 10.1 Å². The molecule has 0 bridgehead atoms. The van der Waals surface area contributed by atoms with E-state index in [1.54, 1.807) is 0 Å². The van der Waals surface area contributed by atoms with Gasteiger partial charge in [0.25, 0.3) is 5.91 Å². The van der Waals surface area contributed by atoms with Crippen molar-refractivity contribution in [1.29, 1.82) is 0 Å². The van der Waals surface area contributed by atoms with Crippen LogP contribution in [0.1, 0.15) is 22.9 Å². The Morgan fingerprint density at radius 1 is 1.39 bits per heavy atom. The van der Waals surface area contributed by atoms with Crippen LogP contribution in [0.25, 0.3) is 0 Å². The lowest BCUT2D eigenvalue weighted by Crippen LogP contribution is -2.35. The average molecular weight is 321 g/mol. The zero-order valence-electron chi connectivity index (χ0n) is 12.4. The Hall–Kier alpha value is -2.28. The first-order valence-corrected chi connectivity index (χ1v) is 7.41. The Morgan fingerprint density at radius 3 is 2.91 bits per heavy atom.